The molecule has 0 fully saturated rings. The summed E-state index contributed by atoms with van der Waals surface area (Å²) in [6.07, 6.45) is 1.81. The Hall–Kier alpha value is -3.39. The number of nitrogens with zero attached hydrogens (tertiary/aromatic N) is 2. The number of halogens is 2. The number of esters is 1. The third-order valence-electron chi connectivity index (χ3n) is 5.71. The van der Waals surface area contributed by atoms with E-state index in [1.54, 1.807) is 44.2 Å². The molecule has 36 heavy (non-hydrogen) atoms. The van der Waals surface area contributed by atoms with Gasteiger partial charge in [0.25, 0.3) is 5.56 Å². The lowest BCUT2D eigenvalue weighted by atomic mass is 10.0. The highest BCUT2D eigenvalue weighted by molar-refractivity contribution is 7.07. The van der Waals surface area contributed by atoms with E-state index < -0.39 is 12.0 Å². The molecular formula is C27H20Cl2N2O4S. The molecule has 1 aliphatic heterocycles. The average molecular weight is 539 g/mol. The lowest BCUT2D eigenvalue weighted by molar-refractivity contribution is -0.139. The zero-order chi connectivity index (χ0) is 25.4. The van der Waals surface area contributed by atoms with E-state index in [-0.39, 0.29) is 17.7 Å². The Kier molecular flexibility index (Phi) is 6.71. The number of allylic oxidation sites excluding steroid dienone is 1. The van der Waals surface area contributed by atoms with E-state index in [0.717, 1.165) is 5.56 Å². The van der Waals surface area contributed by atoms with Crippen LogP contribution in [0.4, 0.5) is 0 Å². The van der Waals surface area contributed by atoms with Crippen molar-refractivity contribution < 1.29 is 13.9 Å². The predicted molar refractivity (Wildman–Crippen MR) is 141 cm³/mol. The number of ether oxygens (including phenoxy) is 1. The second kappa shape index (κ2) is 9.93. The number of benzene rings is 2. The Morgan fingerprint density at radius 2 is 1.92 bits per heavy atom. The number of rotatable bonds is 5. The number of hydrogen-bond donors (Lipinski definition) is 0. The van der Waals surface area contributed by atoms with Crippen LogP contribution in [0.1, 0.15) is 31.2 Å². The zero-order valence-corrected chi connectivity index (χ0v) is 21.7. The highest BCUT2D eigenvalue weighted by Gasteiger charge is 2.35. The molecule has 1 aliphatic rings. The largest absolute Gasteiger partial charge is 0.463 e. The minimum atomic E-state index is -0.838. The molecule has 0 N–H and O–H groups in total. The summed E-state index contributed by atoms with van der Waals surface area (Å²) < 4.78 is 13.5. The van der Waals surface area contributed by atoms with Gasteiger partial charge in [-0.05, 0) is 55.8 Å². The Morgan fingerprint density at radius 1 is 1.14 bits per heavy atom. The smallest absolute Gasteiger partial charge is 0.338 e. The van der Waals surface area contributed by atoms with Crippen molar-refractivity contribution in [1.82, 2.24) is 4.57 Å². The van der Waals surface area contributed by atoms with E-state index in [2.05, 4.69) is 4.99 Å². The maximum atomic E-state index is 13.6. The van der Waals surface area contributed by atoms with Crippen LogP contribution in [0.25, 0.3) is 17.4 Å². The molecule has 3 heterocycles. The highest BCUT2D eigenvalue weighted by Crippen LogP contribution is 2.35. The van der Waals surface area contributed by atoms with Gasteiger partial charge in [0, 0.05) is 5.56 Å². The molecular weight excluding hydrogens is 519 g/mol. The summed E-state index contributed by atoms with van der Waals surface area (Å²) in [4.78, 5) is 31.7. The van der Waals surface area contributed by atoms with Crippen LogP contribution in [0, 0.1) is 0 Å². The van der Waals surface area contributed by atoms with Crippen molar-refractivity contribution in [2.75, 3.05) is 6.61 Å². The Balaban J connectivity index is 1.69. The van der Waals surface area contributed by atoms with E-state index >= 15 is 0 Å². The number of furan rings is 1. The quantitative estimate of drug-likeness (QED) is 0.320. The molecule has 182 valence electrons. The number of thiazole rings is 1. The fourth-order valence-corrected chi connectivity index (χ4v) is 5.41. The lowest BCUT2D eigenvalue weighted by Gasteiger charge is -2.22. The van der Waals surface area contributed by atoms with E-state index in [1.807, 2.05) is 36.4 Å². The first-order valence-corrected chi connectivity index (χ1v) is 12.7. The molecule has 2 aromatic heterocycles. The van der Waals surface area contributed by atoms with Crippen molar-refractivity contribution in [2.24, 2.45) is 4.99 Å². The molecule has 0 saturated heterocycles. The number of carbonyl (C=O) groups excluding carboxylic acids is 1. The molecule has 0 unspecified atom stereocenters. The molecule has 0 spiro atoms. The van der Waals surface area contributed by atoms with Gasteiger partial charge in [0.1, 0.15) is 17.6 Å². The fraction of sp³-hybridized carbons (Fsp3) is 0.148. The average Bonchev–Trinajstić information content (AvgIpc) is 3.46. The summed E-state index contributed by atoms with van der Waals surface area (Å²) in [5, 5.41) is 0.824. The maximum absolute atomic E-state index is 13.6. The summed E-state index contributed by atoms with van der Waals surface area (Å²) in [5.74, 6) is 0.377. The van der Waals surface area contributed by atoms with Crippen LogP contribution in [0.3, 0.4) is 0 Å². The molecule has 1 atom stereocenters. The monoisotopic (exact) mass is 538 g/mol. The molecule has 5 rings (SSSR count). The minimum Gasteiger partial charge on any atom is -0.463 e. The molecule has 6 nitrogen and oxygen atoms in total. The molecule has 0 bridgehead atoms. The van der Waals surface area contributed by atoms with E-state index in [9.17, 15) is 9.59 Å². The maximum Gasteiger partial charge on any atom is 0.338 e. The van der Waals surface area contributed by atoms with Gasteiger partial charge in [-0.3, -0.25) is 9.36 Å². The van der Waals surface area contributed by atoms with Crippen molar-refractivity contribution in [3.8, 4) is 11.3 Å². The van der Waals surface area contributed by atoms with Crippen LogP contribution in [0.5, 0.6) is 0 Å². The van der Waals surface area contributed by atoms with Gasteiger partial charge in [-0.2, -0.15) is 0 Å². The van der Waals surface area contributed by atoms with Gasteiger partial charge in [-0.25, -0.2) is 9.79 Å². The number of fused-ring (bicyclic) bond motifs is 1. The van der Waals surface area contributed by atoms with Crippen LogP contribution in [-0.2, 0) is 9.53 Å². The summed E-state index contributed by atoms with van der Waals surface area (Å²) >= 11 is 13.5. The lowest BCUT2D eigenvalue weighted by Crippen LogP contribution is -2.39. The first-order chi connectivity index (χ1) is 17.4. The van der Waals surface area contributed by atoms with Crippen LogP contribution in [-0.4, -0.2) is 17.1 Å². The molecule has 0 amide bonds. The molecule has 2 aromatic carbocycles. The predicted octanol–water partition coefficient (Wildman–Crippen LogP) is 5.37. The van der Waals surface area contributed by atoms with Gasteiger partial charge in [-0.15, -0.1) is 0 Å². The van der Waals surface area contributed by atoms with Gasteiger partial charge >= 0.3 is 5.97 Å². The number of carbonyl (C=O) groups is 1. The van der Waals surface area contributed by atoms with Crippen molar-refractivity contribution in [3.63, 3.8) is 0 Å². The Morgan fingerprint density at radius 3 is 2.64 bits per heavy atom. The van der Waals surface area contributed by atoms with Gasteiger partial charge < -0.3 is 9.15 Å². The van der Waals surface area contributed by atoms with Crippen LogP contribution in [0.15, 0.2) is 86.1 Å². The molecule has 0 saturated carbocycles. The second-order valence-corrected chi connectivity index (χ2v) is 9.87. The van der Waals surface area contributed by atoms with Crippen LogP contribution in [0.2, 0.25) is 10.0 Å². The summed E-state index contributed by atoms with van der Waals surface area (Å²) in [7, 11) is 0. The van der Waals surface area contributed by atoms with Gasteiger partial charge in [0.2, 0.25) is 0 Å². The van der Waals surface area contributed by atoms with Gasteiger partial charge in [-0.1, -0.05) is 64.9 Å². The second-order valence-electron chi connectivity index (χ2n) is 8.04. The first kappa shape index (κ1) is 24.3. The van der Waals surface area contributed by atoms with E-state index in [1.165, 1.54) is 15.9 Å². The van der Waals surface area contributed by atoms with Gasteiger partial charge in [0.15, 0.2) is 4.80 Å². The Labute approximate surface area is 220 Å². The molecule has 9 heteroatoms. The fourth-order valence-electron chi connectivity index (χ4n) is 4.07. The summed E-state index contributed by atoms with van der Waals surface area (Å²) in [6, 6.07) is 17.4. The third-order valence-corrected chi connectivity index (χ3v) is 7.44. The number of aromatic nitrogens is 1. The van der Waals surface area contributed by atoms with Crippen molar-refractivity contribution in [1.29, 1.82) is 0 Å². The van der Waals surface area contributed by atoms with Gasteiger partial charge in [0.05, 0.1) is 32.5 Å². The van der Waals surface area contributed by atoms with Crippen molar-refractivity contribution in [2.45, 2.75) is 19.9 Å². The first-order valence-electron chi connectivity index (χ1n) is 11.2. The summed E-state index contributed by atoms with van der Waals surface area (Å²) in [6.45, 7) is 3.65. The van der Waals surface area contributed by atoms with Crippen LogP contribution >= 0.6 is 34.5 Å². The zero-order valence-electron chi connectivity index (χ0n) is 19.3. The van der Waals surface area contributed by atoms with Crippen LogP contribution < -0.4 is 14.9 Å². The highest BCUT2D eigenvalue weighted by atomic mass is 35.5. The standard InChI is InChI=1S/C27H20Cl2N2O4S/c1-3-34-26(33)23-15(2)30-27-31(25(32)22(36-27)13-16-7-5-4-6-8-16)24(23)21-12-11-20(35-21)17-9-10-18(28)19(29)14-17/h4-14,24H,3H2,1-2H3/b22-13-/t24-/m1/s1. The topological polar surface area (TPSA) is 73.8 Å². The normalized spacial score (nSPS) is 15.6. The SMILES string of the molecule is CCOC(=O)C1=C(C)N=c2s/c(=C\c3ccccc3)c(=O)n2[C@@H]1c1ccc(-c2ccc(Cl)c(Cl)c2)o1. The number of hydrogen-bond acceptors (Lipinski definition) is 6. The summed E-state index contributed by atoms with van der Waals surface area (Å²) in [5.41, 5.74) is 2.06. The van der Waals surface area contributed by atoms with E-state index in [4.69, 9.17) is 32.4 Å². The molecule has 0 aliphatic carbocycles. The van der Waals surface area contributed by atoms with Crippen molar-refractivity contribution >= 4 is 46.6 Å². The molecule has 0 radical (unpaired) electrons. The minimum absolute atomic E-state index is 0.188. The Bertz CT molecular complexity index is 1680. The van der Waals surface area contributed by atoms with E-state index in [0.29, 0.717) is 42.2 Å². The van der Waals surface area contributed by atoms with Crippen molar-refractivity contribution in [3.05, 3.63) is 113 Å². The third kappa shape index (κ3) is 4.46. The molecule has 4 aromatic rings.